The van der Waals surface area contributed by atoms with Crippen LogP contribution in [0.2, 0.25) is 0 Å². The molecule has 3 heterocycles. The third-order valence-electron chi connectivity index (χ3n) is 4.23. The zero-order valence-corrected chi connectivity index (χ0v) is 13.5. The molecule has 4 unspecified atom stereocenters. The van der Waals surface area contributed by atoms with Gasteiger partial charge in [0.2, 0.25) is 0 Å². The van der Waals surface area contributed by atoms with Crippen molar-refractivity contribution in [3.8, 4) is 0 Å². The summed E-state index contributed by atoms with van der Waals surface area (Å²) in [6.07, 6.45) is -1.68. The maximum absolute atomic E-state index is 12.0. The predicted molar refractivity (Wildman–Crippen MR) is 77.3 cm³/mol. The van der Waals surface area contributed by atoms with Gasteiger partial charge in [-0.2, -0.15) is 0 Å². The zero-order valence-electron chi connectivity index (χ0n) is 12.6. The second-order valence-electron chi connectivity index (χ2n) is 5.81. The monoisotopic (exact) mass is 364 g/mol. The number of rotatable bonds is 4. The Morgan fingerprint density at radius 2 is 2.21 bits per heavy atom. The highest BCUT2D eigenvalue weighted by Crippen LogP contribution is 2.46. The van der Waals surface area contributed by atoms with E-state index in [2.05, 4.69) is 9.51 Å². The summed E-state index contributed by atoms with van der Waals surface area (Å²) in [4.78, 5) is 43.3. The van der Waals surface area contributed by atoms with Gasteiger partial charge in [0.15, 0.2) is 6.23 Å². The largest absolute Gasteiger partial charge is 0.469 e. The first-order chi connectivity index (χ1) is 11.1. The number of aryl methyl sites for hydroxylation is 1. The minimum atomic E-state index is -4.75. The molecule has 3 rings (SSSR count). The molecule has 1 aromatic rings. The van der Waals surface area contributed by atoms with Crippen LogP contribution in [0.3, 0.4) is 0 Å². The van der Waals surface area contributed by atoms with Gasteiger partial charge in [-0.15, -0.1) is 0 Å². The average Bonchev–Trinajstić information content (AvgIpc) is 2.96. The van der Waals surface area contributed by atoms with E-state index in [0.717, 1.165) is 4.57 Å². The van der Waals surface area contributed by atoms with E-state index in [-0.39, 0.29) is 18.6 Å². The summed E-state index contributed by atoms with van der Waals surface area (Å²) in [6, 6.07) is 0. The standard InChI is InChI=1S/C12H17N2O9P/c1-6-4-14(11(16)13-9(6)15)10-8-12(17,2-3-21-8)7(23-10)5-22-24(18,19)20/h4,7-8,10,17H,2-3,5H2,1H3,(H,13,15,16)(H2,18,19,20). The molecular weight excluding hydrogens is 347 g/mol. The number of fused-ring (bicyclic) bond motifs is 1. The first-order valence-corrected chi connectivity index (χ1v) is 8.66. The van der Waals surface area contributed by atoms with E-state index in [9.17, 15) is 19.3 Å². The van der Waals surface area contributed by atoms with E-state index in [0.29, 0.717) is 0 Å². The summed E-state index contributed by atoms with van der Waals surface area (Å²) in [5.41, 5.74) is -2.60. The molecule has 12 heteroatoms. The van der Waals surface area contributed by atoms with E-state index in [1.54, 1.807) is 0 Å². The van der Waals surface area contributed by atoms with Gasteiger partial charge in [0.25, 0.3) is 5.56 Å². The molecule has 24 heavy (non-hydrogen) atoms. The van der Waals surface area contributed by atoms with Crippen LogP contribution in [0.25, 0.3) is 0 Å². The van der Waals surface area contributed by atoms with Crippen molar-refractivity contribution in [2.75, 3.05) is 13.2 Å². The van der Waals surface area contributed by atoms with Gasteiger partial charge in [0.1, 0.15) is 17.8 Å². The first kappa shape index (κ1) is 17.5. The summed E-state index contributed by atoms with van der Waals surface area (Å²) in [5.74, 6) is 0. The van der Waals surface area contributed by atoms with E-state index < -0.39 is 49.7 Å². The Kier molecular flexibility index (Phi) is 4.29. The number of nitrogens with zero attached hydrogens (tertiary/aromatic N) is 1. The molecule has 4 N–H and O–H groups in total. The Bertz CT molecular complexity index is 798. The van der Waals surface area contributed by atoms with Crippen LogP contribution in [0.15, 0.2) is 15.8 Å². The third-order valence-corrected chi connectivity index (χ3v) is 4.71. The molecule has 2 saturated heterocycles. The number of aromatic nitrogens is 2. The highest BCUT2D eigenvalue weighted by molar-refractivity contribution is 7.46. The topological polar surface area (TPSA) is 160 Å². The SMILES string of the molecule is Cc1cn(C2OC(COP(=O)(O)O)C3(O)CCOC23)c(=O)[nH]c1=O. The molecule has 2 fully saturated rings. The van der Waals surface area contributed by atoms with Crippen LogP contribution >= 0.6 is 7.82 Å². The molecule has 1 aromatic heterocycles. The number of nitrogens with one attached hydrogen (secondary N) is 1. The molecule has 0 aromatic carbocycles. The van der Waals surface area contributed by atoms with Crippen LogP contribution in [0.1, 0.15) is 18.2 Å². The number of aromatic amines is 1. The molecule has 0 spiro atoms. The molecule has 2 aliphatic rings. The smallest absolute Gasteiger partial charge is 0.384 e. The lowest BCUT2D eigenvalue weighted by Crippen LogP contribution is -2.46. The maximum atomic E-state index is 12.0. The zero-order chi connectivity index (χ0) is 17.7. The van der Waals surface area contributed by atoms with Crippen molar-refractivity contribution in [2.45, 2.75) is 37.4 Å². The quantitative estimate of drug-likeness (QED) is 0.460. The second kappa shape index (κ2) is 5.88. The normalized spacial score (nSPS) is 32.9. The number of ether oxygens (including phenoxy) is 2. The van der Waals surface area contributed by atoms with Gasteiger partial charge in [-0.1, -0.05) is 0 Å². The van der Waals surface area contributed by atoms with Crippen molar-refractivity contribution in [1.29, 1.82) is 0 Å². The van der Waals surface area contributed by atoms with Crippen LogP contribution in [-0.4, -0.2) is 55.5 Å². The van der Waals surface area contributed by atoms with E-state index >= 15 is 0 Å². The van der Waals surface area contributed by atoms with Crippen molar-refractivity contribution < 1.29 is 33.5 Å². The average molecular weight is 364 g/mol. The summed E-state index contributed by atoms with van der Waals surface area (Å²) in [7, 11) is -4.75. The molecule has 0 amide bonds. The fourth-order valence-electron chi connectivity index (χ4n) is 3.00. The van der Waals surface area contributed by atoms with Crippen LogP contribution in [-0.2, 0) is 18.6 Å². The molecular formula is C12H17N2O9P. The predicted octanol–water partition coefficient (Wildman–Crippen LogP) is -1.63. The van der Waals surface area contributed by atoms with Crippen molar-refractivity contribution in [3.05, 3.63) is 32.6 Å². The van der Waals surface area contributed by atoms with Gasteiger partial charge < -0.3 is 24.4 Å². The van der Waals surface area contributed by atoms with E-state index in [4.69, 9.17) is 19.3 Å². The Morgan fingerprint density at radius 3 is 2.88 bits per heavy atom. The molecule has 0 aliphatic carbocycles. The summed E-state index contributed by atoms with van der Waals surface area (Å²) in [5, 5.41) is 10.8. The molecule has 0 bridgehead atoms. The first-order valence-electron chi connectivity index (χ1n) is 7.13. The van der Waals surface area contributed by atoms with Crippen molar-refractivity contribution in [1.82, 2.24) is 9.55 Å². The van der Waals surface area contributed by atoms with E-state index in [1.807, 2.05) is 0 Å². The van der Waals surface area contributed by atoms with Crippen LogP contribution in [0.4, 0.5) is 0 Å². The Labute approximate surface area is 135 Å². The highest BCUT2D eigenvalue weighted by atomic mass is 31.2. The highest BCUT2D eigenvalue weighted by Gasteiger charge is 2.60. The lowest BCUT2D eigenvalue weighted by molar-refractivity contribution is -0.0837. The minimum absolute atomic E-state index is 0.153. The number of H-pyrrole nitrogens is 1. The summed E-state index contributed by atoms with van der Waals surface area (Å²) in [6.45, 7) is 1.11. The van der Waals surface area contributed by atoms with Gasteiger partial charge >= 0.3 is 13.5 Å². The number of phosphoric acid groups is 1. The van der Waals surface area contributed by atoms with Crippen molar-refractivity contribution >= 4 is 7.82 Å². The van der Waals surface area contributed by atoms with Gasteiger partial charge in [0, 0.05) is 18.2 Å². The fourth-order valence-corrected chi connectivity index (χ4v) is 3.33. The lowest BCUT2D eigenvalue weighted by atomic mass is 9.91. The molecule has 0 radical (unpaired) electrons. The van der Waals surface area contributed by atoms with Crippen LogP contribution in [0.5, 0.6) is 0 Å². The van der Waals surface area contributed by atoms with Gasteiger partial charge in [-0.3, -0.25) is 18.9 Å². The molecule has 4 atom stereocenters. The van der Waals surface area contributed by atoms with Crippen molar-refractivity contribution in [3.63, 3.8) is 0 Å². The number of aliphatic hydroxyl groups is 1. The third kappa shape index (κ3) is 3.00. The maximum Gasteiger partial charge on any atom is 0.469 e. The number of hydrogen-bond donors (Lipinski definition) is 4. The Balaban J connectivity index is 1.93. The Morgan fingerprint density at radius 1 is 1.50 bits per heavy atom. The van der Waals surface area contributed by atoms with Crippen molar-refractivity contribution in [2.24, 2.45) is 0 Å². The van der Waals surface area contributed by atoms with Crippen LogP contribution in [0, 0.1) is 6.92 Å². The molecule has 11 nitrogen and oxygen atoms in total. The van der Waals surface area contributed by atoms with Gasteiger partial charge in [0.05, 0.1) is 13.2 Å². The van der Waals surface area contributed by atoms with Crippen LogP contribution < -0.4 is 11.2 Å². The molecule has 2 aliphatic heterocycles. The summed E-state index contributed by atoms with van der Waals surface area (Å²) < 4.78 is 27.4. The summed E-state index contributed by atoms with van der Waals surface area (Å²) >= 11 is 0. The van der Waals surface area contributed by atoms with E-state index in [1.165, 1.54) is 13.1 Å². The Hall–Kier alpha value is -1.33. The second-order valence-corrected chi connectivity index (χ2v) is 7.05. The minimum Gasteiger partial charge on any atom is -0.384 e. The number of phosphoric ester groups is 1. The van der Waals surface area contributed by atoms with Gasteiger partial charge in [-0.25, -0.2) is 9.36 Å². The lowest BCUT2D eigenvalue weighted by Gasteiger charge is -2.25. The number of hydrogen-bond acceptors (Lipinski definition) is 7. The molecule has 134 valence electrons. The molecule has 0 saturated carbocycles. The van der Waals surface area contributed by atoms with Gasteiger partial charge in [-0.05, 0) is 6.92 Å². The fraction of sp³-hybridized carbons (Fsp3) is 0.667.